The number of aryl methyl sites for hydroxylation is 2. The number of fused-ring (bicyclic) bond motifs is 2. The molecule has 3 aromatic carbocycles. The Bertz CT molecular complexity index is 1450. The molecule has 0 bridgehead atoms. The van der Waals surface area contributed by atoms with E-state index in [1.165, 1.54) is 22.5 Å². The fraction of sp³-hybridized carbons (Fsp3) is 0.120. The third-order valence-electron chi connectivity index (χ3n) is 5.41. The van der Waals surface area contributed by atoms with Crippen molar-refractivity contribution in [1.82, 2.24) is 4.98 Å². The van der Waals surface area contributed by atoms with Crippen molar-refractivity contribution in [1.29, 1.82) is 0 Å². The molecule has 0 aliphatic rings. The number of rotatable bonds is 4. The lowest BCUT2D eigenvalue weighted by Gasteiger charge is -2.05. The fourth-order valence-corrected chi connectivity index (χ4v) is 5.25. The van der Waals surface area contributed by atoms with E-state index >= 15 is 0 Å². The van der Waals surface area contributed by atoms with E-state index in [0.717, 1.165) is 26.7 Å². The van der Waals surface area contributed by atoms with Crippen molar-refractivity contribution in [3.05, 3.63) is 92.1 Å². The van der Waals surface area contributed by atoms with Crippen LogP contribution in [0.25, 0.3) is 21.2 Å². The Hall–Kier alpha value is -2.86. The van der Waals surface area contributed by atoms with Gasteiger partial charge in [-0.05, 0) is 66.9 Å². The SMILES string of the molecule is Cc1cc2nc(Cc3ccc(NC(=O)c4sc5cc(Cl)ccc5c4Cl)cc3)oc2cc1C. The molecular weight excluding hydrogens is 463 g/mol. The number of halogens is 2. The molecule has 160 valence electrons. The topological polar surface area (TPSA) is 55.1 Å². The largest absolute Gasteiger partial charge is 0.440 e. The maximum Gasteiger partial charge on any atom is 0.267 e. The van der Waals surface area contributed by atoms with E-state index in [1.807, 2.05) is 48.5 Å². The zero-order valence-electron chi connectivity index (χ0n) is 17.3. The van der Waals surface area contributed by atoms with Gasteiger partial charge in [-0.2, -0.15) is 0 Å². The smallest absolute Gasteiger partial charge is 0.267 e. The first kappa shape index (κ1) is 21.0. The van der Waals surface area contributed by atoms with Crippen LogP contribution in [0.5, 0.6) is 0 Å². The number of anilines is 1. The number of amides is 1. The van der Waals surface area contributed by atoms with Crippen LogP contribution in [0, 0.1) is 13.8 Å². The van der Waals surface area contributed by atoms with Crippen molar-refractivity contribution in [3.63, 3.8) is 0 Å². The average Bonchev–Trinajstić information content (AvgIpc) is 3.29. The minimum atomic E-state index is -0.246. The standard InChI is InChI=1S/C25H18Cl2N2O2S/c1-13-9-19-20(10-14(13)2)31-22(29-19)11-15-3-6-17(7-4-15)28-25(30)24-23(27)18-8-5-16(26)12-21(18)32-24/h3-10,12H,11H2,1-2H3,(H,28,30). The van der Waals surface area contributed by atoms with Crippen LogP contribution in [-0.2, 0) is 6.42 Å². The molecule has 0 radical (unpaired) electrons. The zero-order valence-corrected chi connectivity index (χ0v) is 19.7. The minimum absolute atomic E-state index is 0.246. The third-order valence-corrected chi connectivity index (χ3v) is 7.30. The monoisotopic (exact) mass is 480 g/mol. The van der Waals surface area contributed by atoms with Crippen molar-refractivity contribution >= 4 is 67.3 Å². The van der Waals surface area contributed by atoms with Crippen LogP contribution < -0.4 is 5.32 Å². The van der Waals surface area contributed by atoms with Crippen molar-refractivity contribution in [2.24, 2.45) is 0 Å². The Morgan fingerprint density at radius 1 is 1.03 bits per heavy atom. The number of nitrogens with zero attached hydrogens (tertiary/aromatic N) is 1. The quantitative estimate of drug-likeness (QED) is 0.285. The van der Waals surface area contributed by atoms with Gasteiger partial charge in [-0.15, -0.1) is 11.3 Å². The Morgan fingerprint density at radius 2 is 1.78 bits per heavy atom. The number of benzene rings is 3. The molecule has 0 spiro atoms. The molecule has 0 unspecified atom stereocenters. The lowest BCUT2D eigenvalue weighted by Crippen LogP contribution is -2.10. The highest BCUT2D eigenvalue weighted by molar-refractivity contribution is 7.21. The summed E-state index contributed by atoms with van der Waals surface area (Å²) in [6.45, 7) is 4.13. The van der Waals surface area contributed by atoms with Gasteiger partial charge in [0.05, 0.1) is 5.02 Å². The van der Waals surface area contributed by atoms with E-state index in [9.17, 15) is 4.79 Å². The van der Waals surface area contributed by atoms with Crippen LogP contribution in [0.1, 0.15) is 32.3 Å². The van der Waals surface area contributed by atoms with Gasteiger partial charge in [-0.25, -0.2) is 4.98 Å². The van der Waals surface area contributed by atoms with Crippen LogP contribution in [0.4, 0.5) is 5.69 Å². The summed E-state index contributed by atoms with van der Waals surface area (Å²) >= 11 is 13.8. The maximum atomic E-state index is 12.8. The average molecular weight is 481 g/mol. The lowest BCUT2D eigenvalue weighted by atomic mass is 10.1. The molecule has 32 heavy (non-hydrogen) atoms. The molecule has 2 aromatic heterocycles. The number of hydrogen-bond donors (Lipinski definition) is 1. The first-order chi connectivity index (χ1) is 15.4. The second-order valence-electron chi connectivity index (χ2n) is 7.73. The molecule has 0 saturated heterocycles. The van der Waals surface area contributed by atoms with Gasteiger partial charge >= 0.3 is 0 Å². The molecule has 2 heterocycles. The summed E-state index contributed by atoms with van der Waals surface area (Å²) in [5, 5.41) is 4.79. The third kappa shape index (κ3) is 3.99. The van der Waals surface area contributed by atoms with Crippen LogP contribution in [0.15, 0.2) is 59.0 Å². The highest BCUT2D eigenvalue weighted by Gasteiger charge is 2.17. The predicted octanol–water partition coefficient (Wildman–Crippen LogP) is 7.81. The first-order valence-corrected chi connectivity index (χ1v) is 11.6. The Morgan fingerprint density at radius 3 is 2.56 bits per heavy atom. The summed E-state index contributed by atoms with van der Waals surface area (Å²) < 4.78 is 6.79. The van der Waals surface area contributed by atoms with Crippen LogP contribution in [-0.4, -0.2) is 10.9 Å². The van der Waals surface area contributed by atoms with Crippen LogP contribution in [0.3, 0.4) is 0 Å². The van der Waals surface area contributed by atoms with Crippen molar-refractivity contribution in [3.8, 4) is 0 Å². The van der Waals surface area contributed by atoms with E-state index in [0.29, 0.717) is 32.9 Å². The minimum Gasteiger partial charge on any atom is -0.440 e. The number of thiophene rings is 1. The molecule has 0 aliphatic carbocycles. The summed E-state index contributed by atoms with van der Waals surface area (Å²) in [5.41, 5.74) is 5.77. The number of carbonyl (C=O) groups is 1. The van der Waals surface area contributed by atoms with Gasteiger partial charge in [0.2, 0.25) is 0 Å². The number of carbonyl (C=O) groups excluding carboxylic acids is 1. The normalized spacial score (nSPS) is 11.4. The van der Waals surface area contributed by atoms with E-state index in [-0.39, 0.29) is 5.91 Å². The van der Waals surface area contributed by atoms with Crippen LogP contribution in [0.2, 0.25) is 10.0 Å². The van der Waals surface area contributed by atoms with Crippen molar-refractivity contribution in [2.45, 2.75) is 20.3 Å². The zero-order chi connectivity index (χ0) is 22.4. The Kier molecular flexibility index (Phi) is 5.41. The number of aromatic nitrogens is 1. The van der Waals surface area contributed by atoms with E-state index in [2.05, 4.69) is 24.1 Å². The molecule has 1 N–H and O–H groups in total. The van der Waals surface area contributed by atoms with Gasteiger partial charge in [0, 0.05) is 27.2 Å². The molecule has 1 amide bonds. The molecule has 0 saturated carbocycles. The second kappa shape index (κ2) is 8.24. The molecule has 5 aromatic rings. The maximum absolute atomic E-state index is 12.8. The fourth-order valence-electron chi connectivity index (χ4n) is 3.56. The summed E-state index contributed by atoms with van der Waals surface area (Å²) in [5.74, 6) is 0.419. The van der Waals surface area contributed by atoms with E-state index < -0.39 is 0 Å². The van der Waals surface area contributed by atoms with Crippen LogP contribution >= 0.6 is 34.5 Å². The van der Waals surface area contributed by atoms with Gasteiger partial charge in [-0.1, -0.05) is 41.4 Å². The van der Waals surface area contributed by atoms with E-state index in [4.69, 9.17) is 27.6 Å². The predicted molar refractivity (Wildman–Crippen MR) is 133 cm³/mol. The number of oxazole rings is 1. The van der Waals surface area contributed by atoms with E-state index in [1.54, 1.807) is 6.07 Å². The summed E-state index contributed by atoms with van der Waals surface area (Å²) in [4.78, 5) is 17.8. The summed E-state index contributed by atoms with van der Waals surface area (Å²) in [6, 6.07) is 17.1. The lowest BCUT2D eigenvalue weighted by molar-refractivity contribution is 0.103. The van der Waals surface area contributed by atoms with Crippen molar-refractivity contribution in [2.75, 3.05) is 5.32 Å². The van der Waals surface area contributed by atoms with Crippen molar-refractivity contribution < 1.29 is 9.21 Å². The molecule has 0 aliphatic heterocycles. The van der Waals surface area contributed by atoms with Gasteiger partial charge < -0.3 is 9.73 Å². The van der Waals surface area contributed by atoms with Gasteiger partial charge in [0.1, 0.15) is 10.4 Å². The Balaban J connectivity index is 1.32. The first-order valence-electron chi connectivity index (χ1n) is 10.0. The number of nitrogens with one attached hydrogen (secondary N) is 1. The molecule has 4 nitrogen and oxygen atoms in total. The summed E-state index contributed by atoms with van der Waals surface area (Å²) in [6.07, 6.45) is 0.573. The molecule has 0 atom stereocenters. The summed E-state index contributed by atoms with van der Waals surface area (Å²) in [7, 11) is 0. The van der Waals surface area contributed by atoms with Gasteiger partial charge in [0.15, 0.2) is 11.5 Å². The molecule has 7 heteroatoms. The second-order valence-corrected chi connectivity index (χ2v) is 9.59. The molecule has 5 rings (SSSR count). The molecule has 0 fully saturated rings. The number of hydrogen-bond acceptors (Lipinski definition) is 4. The van der Waals surface area contributed by atoms with Gasteiger partial charge in [0.25, 0.3) is 5.91 Å². The highest BCUT2D eigenvalue weighted by atomic mass is 35.5. The molecular formula is C25H18Cl2N2O2S. The van der Waals surface area contributed by atoms with Gasteiger partial charge in [-0.3, -0.25) is 4.79 Å². The Labute approximate surface area is 198 Å². The highest BCUT2D eigenvalue weighted by Crippen LogP contribution is 2.37.